The Labute approximate surface area is 332 Å². The molecule has 19 heteroatoms. The lowest BCUT2D eigenvalue weighted by Crippen LogP contribution is -2.60. The van der Waals surface area contributed by atoms with Crippen molar-refractivity contribution in [2.24, 2.45) is 0 Å². The minimum Gasteiger partial charge on any atom is -0.507 e. The zero-order valence-corrected chi connectivity index (χ0v) is 32.2. The number of carbonyl (C=O) groups excluding carboxylic acids is 3. The maximum absolute atomic E-state index is 13.9. The van der Waals surface area contributed by atoms with Crippen molar-refractivity contribution in [1.29, 1.82) is 0 Å². The quantitative estimate of drug-likeness (QED) is 0.0574. The first-order valence-electron chi connectivity index (χ1n) is 19.0. The molecule has 9 N–H and O–H groups in total. The SMILES string of the molecule is CCOC(CCCN[C@H]1C[C@H](OC2CC(O)(C(C)=O)Cc3c(O)c4c(c(O)c32)C(=O)c2c(OC)cccc2C4=O)O[C@@H](C)[C@H]1O)O[C@@H]1O[C@H](C(=O)O)[C@@H](O)[C@H](O)[C@H]1O. The van der Waals surface area contributed by atoms with Crippen LogP contribution in [0.5, 0.6) is 17.2 Å². The summed E-state index contributed by atoms with van der Waals surface area (Å²) in [4.78, 5) is 52.0. The molecule has 318 valence electrons. The average molecular weight is 820 g/mol. The van der Waals surface area contributed by atoms with Crippen molar-refractivity contribution in [3.63, 3.8) is 0 Å². The van der Waals surface area contributed by atoms with Crippen LogP contribution in [0.2, 0.25) is 0 Å². The minimum atomic E-state index is -2.11. The molecule has 0 radical (unpaired) electrons. The Morgan fingerprint density at radius 3 is 2.34 bits per heavy atom. The first-order valence-corrected chi connectivity index (χ1v) is 19.0. The van der Waals surface area contributed by atoms with E-state index in [-0.39, 0.29) is 54.0 Å². The van der Waals surface area contributed by atoms with Gasteiger partial charge in [0.05, 0.1) is 42.1 Å². The number of aromatic hydroxyl groups is 2. The summed E-state index contributed by atoms with van der Waals surface area (Å²) in [5.74, 6) is -5.10. The number of rotatable bonds is 14. The summed E-state index contributed by atoms with van der Waals surface area (Å²) in [5, 5.41) is 89.0. The molecule has 2 aliphatic carbocycles. The Bertz CT molecular complexity index is 1920. The van der Waals surface area contributed by atoms with Crippen molar-refractivity contribution in [1.82, 2.24) is 5.32 Å². The summed E-state index contributed by atoms with van der Waals surface area (Å²) in [5.41, 5.74) is -3.52. The van der Waals surface area contributed by atoms with Crippen LogP contribution in [0.3, 0.4) is 0 Å². The van der Waals surface area contributed by atoms with Gasteiger partial charge in [0.2, 0.25) is 5.78 Å². The number of carboxylic acids is 1. The second kappa shape index (κ2) is 17.2. The van der Waals surface area contributed by atoms with E-state index in [9.17, 15) is 60.0 Å². The Morgan fingerprint density at radius 2 is 1.69 bits per heavy atom. The number of ketones is 3. The zero-order chi connectivity index (χ0) is 42.4. The van der Waals surface area contributed by atoms with Gasteiger partial charge < -0.3 is 74.6 Å². The molecule has 2 aromatic carbocycles. The number of nitrogens with one attached hydrogen (secondary N) is 1. The number of fused-ring (bicyclic) bond motifs is 3. The molecule has 3 unspecified atom stereocenters. The highest BCUT2D eigenvalue weighted by molar-refractivity contribution is 6.31. The number of aliphatic hydroxyl groups is 5. The van der Waals surface area contributed by atoms with Gasteiger partial charge in [-0.25, -0.2) is 4.79 Å². The number of Topliss-reactive ketones (excluding diaryl/α,β-unsaturated/α-hetero) is 1. The van der Waals surface area contributed by atoms with Crippen LogP contribution in [0.4, 0.5) is 0 Å². The molecule has 0 aromatic heterocycles. The second-order valence-electron chi connectivity index (χ2n) is 14.9. The van der Waals surface area contributed by atoms with E-state index in [1.807, 2.05) is 0 Å². The summed E-state index contributed by atoms with van der Waals surface area (Å²) >= 11 is 0. The Balaban J connectivity index is 1.19. The van der Waals surface area contributed by atoms with E-state index in [0.717, 1.165) is 6.92 Å². The molecule has 19 nitrogen and oxygen atoms in total. The highest BCUT2D eigenvalue weighted by atomic mass is 16.8. The summed E-state index contributed by atoms with van der Waals surface area (Å²) in [6.07, 6.45) is -14.8. The first-order chi connectivity index (χ1) is 27.4. The van der Waals surface area contributed by atoms with E-state index < -0.39 is 132 Å². The summed E-state index contributed by atoms with van der Waals surface area (Å²) in [7, 11) is 1.31. The number of phenolic OH excluding ortho intramolecular Hbond substituents is 2. The lowest BCUT2D eigenvalue weighted by Gasteiger charge is -2.43. The van der Waals surface area contributed by atoms with Crippen LogP contribution in [-0.4, -0.2) is 152 Å². The molecule has 12 atom stereocenters. The number of carbonyl (C=O) groups is 4. The third-order valence-electron chi connectivity index (χ3n) is 11.2. The third kappa shape index (κ3) is 7.96. The van der Waals surface area contributed by atoms with Crippen molar-refractivity contribution in [3.8, 4) is 17.2 Å². The van der Waals surface area contributed by atoms with Gasteiger partial charge in [0.25, 0.3) is 0 Å². The van der Waals surface area contributed by atoms with Crippen molar-refractivity contribution in [3.05, 3.63) is 51.6 Å². The molecule has 0 saturated carbocycles. The van der Waals surface area contributed by atoms with Gasteiger partial charge in [0.15, 0.2) is 36.5 Å². The number of aliphatic carboxylic acids is 1. The predicted octanol–water partition coefficient (Wildman–Crippen LogP) is -0.289. The molecule has 2 aromatic rings. The Morgan fingerprint density at radius 1 is 0.983 bits per heavy atom. The van der Waals surface area contributed by atoms with Crippen LogP contribution in [0.1, 0.15) is 95.5 Å². The molecule has 0 amide bonds. The van der Waals surface area contributed by atoms with E-state index in [2.05, 4.69) is 5.32 Å². The summed E-state index contributed by atoms with van der Waals surface area (Å²) in [6, 6.07) is 3.69. The van der Waals surface area contributed by atoms with Crippen molar-refractivity contribution >= 4 is 23.3 Å². The lowest BCUT2D eigenvalue weighted by atomic mass is 9.72. The number of phenols is 2. The van der Waals surface area contributed by atoms with Gasteiger partial charge in [0.1, 0.15) is 41.2 Å². The number of benzene rings is 2. The fraction of sp³-hybridized carbons (Fsp3) is 0.590. The van der Waals surface area contributed by atoms with E-state index in [1.165, 1.54) is 25.3 Å². The van der Waals surface area contributed by atoms with E-state index in [4.69, 9.17) is 28.4 Å². The van der Waals surface area contributed by atoms with Crippen LogP contribution in [0.25, 0.3) is 0 Å². The molecular formula is C39H49NO18. The smallest absolute Gasteiger partial charge is 0.335 e. The highest BCUT2D eigenvalue weighted by Crippen LogP contribution is 2.52. The van der Waals surface area contributed by atoms with Crippen molar-refractivity contribution in [2.75, 3.05) is 20.3 Å². The second-order valence-corrected chi connectivity index (χ2v) is 14.9. The topological polar surface area (TPSA) is 298 Å². The number of carboxylic acid groups (broad SMARTS) is 1. The normalized spacial score (nSPS) is 32.5. The van der Waals surface area contributed by atoms with Crippen LogP contribution in [-0.2, 0) is 39.7 Å². The zero-order valence-electron chi connectivity index (χ0n) is 32.2. The molecule has 2 heterocycles. The minimum absolute atomic E-state index is 0.000196. The van der Waals surface area contributed by atoms with Gasteiger partial charge >= 0.3 is 5.97 Å². The van der Waals surface area contributed by atoms with Crippen molar-refractivity contribution < 1.29 is 88.5 Å². The Hall–Kier alpha value is -4.12. The van der Waals surface area contributed by atoms with Gasteiger partial charge in [-0.3, -0.25) is 14.4 Å². The highest BCUT2D eigenvalue weighted by Gasteiger charge is 2.50. The fourth-order valence-corrected chi connectivity index (χ4v) is 8.07. The average Bonchev–Trinajstić information content (AvgIpc) is 3.18. The standard InChI is InChI=1S/C39H49NO18/c1-5-54-22(57-38-35(49)33(47)34(48)36(58-38)37(50)51)10-7-11-40-19-12-23(55-15(2)28(19)42)56-21-14-39(52,16(3)41)13-18-25(21)32(46)27-26(30(18)44)29(43)17-8-6-9-20(53-4)24(17)31(27)45/h6,8-9,15,19,21-23,28,33-36,38,40,42,44,46-49,52H,5,7,10-14H2,1-4H3,(H,50,51)/t15-,19-,21?,22?,23-,28+,33-,34-,35+,36-,38+,39?/m0/s1. The molecule has 2 saturated heterocycles. The van der Waals surface area contributed by atoms with Crippen molar-refractivity contribution in [2.45, 2.75) is 126 Å². The summed E-state index contributed by atoms with van der Waals surface area (Å²) < 4.78 is 34.1. The largest absolute Gasteiger partial charge is 0.507 e. The number of hydrogen-bond donors (Lipinski definition) is 9. The molecule has 0 bridgehead atoms. The first kappa shape index (κ1) is 43.5. The number of methoxy groups -OCH3 is 1. The molecule has 0 spiro atoms. The summed E-state index contributed by atoms with van der Waals surface area (Å²) in [6.45, 7) is 4.83. The van der Waals surface area contributed by atoms with E-state index in [1.54, 1.807) is 13.8 Å². The number of aliphatic hydroxyl groups excluding tert-OH is 4. The molecule has 6 rings (SSSR count). The van der Waals surface area contributed by atoms with Crippen LogP contribution in [0.15, 0.2) is 18.2 Å². The third-order valence-corrected chi connectivity index (χ3v) is 11.2. The molecule has 2 aliphatic heterocycles. The van der Waals surface area contributed by atoms with E-state index >= 15 is 0 Å². The van der Waals surface area contributed by atoms with Crippen LogP contribution in [0, 0.1) is 0 Å². The van der Waals surface area contributed by atoms with E-state index in [0.29, 0.717) is 6.42 Å². The van der Waals surface area contributed by atoms with Gasteiger partial charge in [-0.15, -0.1) is 0 Å². The van der Waals surface area contributed by atoms with Gasteiger partial charge in [-0.05, 0) is 46.2 Å². The number of ether oxygens (including phenoxy) is 6. The maximum atomic E-state index is 13.9. The van der Waals surface area contributed by atoms with Crippen LogP contribution >= 0.6 is 0 Å². The molecule has 2 fully saturated rings. The van der Waals surface area contributed by atoms with Crippen LogP contribution < -0.4 is 10.1 Å². The van der Waals surface area contributed by atoms with Gasteiger partial charge in [-0.2, -0.15) is 0 Å². The molecular weight excluding hydrogens is 770 g/mol. The monoisotopic (exact) mass is 819 g/mol. The lowest BCUT2D eigenvalue weighted by molar-refractivity contribution is -0.331. The predicted molar refractivity (Wildman–Crippen MR) is 194 cm³/mol. The Kier molecular flexibility index (Phi) is 12.9. The van der Waals surface area contributed by atoms with Gasteiger partial charge in [0, 0.05) is 48.6 Å². The number of hydrogen-bond acceptors (Lipinski definition) is 18. The van der Waals surface area contributed by atoms with Gasteiger partial charge in [-0.1, -0.05) is 12.1 Å². The fourth-order valence-electron chi connectivity index (χ4n) is 8.07. The molecule has 4 aliphatic rings. The maximum Gasteiger partial charge on any atom is 0.335 e. The molecule has 58 heavy (non-hydrogen) atoms.